The maximum Gasteiger partial charge on any atom is 0.323 e. The van der Waals surface area contributed by atoms with Gasteiger partial charge >= 0.3 is 5.97 Å². The fourth-order valence-electron chi connectivity index (χ4n) is 1.29. The molecule has 11 heavy (non-hydrogen) atoms. The molecule has 1 saturated heterocycles. The summed E-state index contributed by atoms with van der Waals surface area (Å²) in [7, 11) is 0. The molecule has 3 nitrogen and oxygen atoms in total. The zero-order valence-corrected chi connectivity index (χ0v) is 6.88. The minimum atomic E-state index is -0.364. The fourth-order valence-corrected chi connectivity index (χ4v) is 1.29. The topological polar surface area (TPSA) is 52.3 Å². The molecule has 1 aliphatic rings. The van der Waals surface area contributed by atoms with E-state index in [2.05, 4.69) is 6.92 Å². The molecule has 1 rings (SSSR count). The fraction of sp³-hybridized carbons (Fsp3) is 0.875. The second kappa shape index (κ2) is 3.72. The van der Waals surface area contributed by atoms with Gasteiger partial charge in [0.15, 0.2) is 0 Å². The van der Waals surface area contributed by atoms with Crippen LogP contribution in [0.25, 0.3) is 0 Å². The van der Waals surface area contributed by atoms with Gasteiger partial charge < -0.3 is 10.5 Å². The van der Waals surface area contributed by atoms with Gasteiger partial charge in [-0.25, -0.2) is 0 Å². The Morgan fingerprint density at radius 2 is 2.45 bits per heavy atom. The lowest BCUT2D eigenvalue weighted by atomic mass is 10.1. The van der Waals surface area contributed by atoms with E-state index in [1.807, 2.05) is 0 Å². The summed E-state index contributed by atoms with van der Waals surface area (Å²) >= 11 is 0. The summed E-state index contributed by atoms with van der Waals surface area (Å²) in [5.74, 6) is -0.230. The lowest BCUT2D eigenvalue weighted by molar-refractivity contribution is -0.142. The normalized spacial score (nSPS) is 30.5. The first-order valence-corrected chi connectivity index (χ1v) is 4.20. The molecule has 0 aromatic heterocycles. The zero-order chi connectivity index (χ0) is 8.27. The molecular formula is C8H15NO2. The van der Waals surface area contributed by atoms with Crippen LogP contribution in [0.3, 0.4) is 0 Å². The number of hydrogen-bond donors (Lipinski definition) is 1. The van der Waals surface area contributed by atoms with Crippen LogP contribution in [0.2, 0.25) is 0 Å². The van der Waals surface area contributed by atoms with E-state index in [1.54, 1.807) is 0 Å². The van der Waals surface area contributed by atoms with Crippen LogP contribution in [0.1, 0.15) is 32.6 Å². The summed E-state index contributed by atoms with van der Waals surface area (Å²) in [6, 6.07) is -0.364. The van der Waals surface area contributed by atoms with Crippen molar-refractivity contribution < 1.29 is 9.53 Å². The van der Waals surface area contributed by atoms with Gasteiger partial charge in [0.2, 0.25) is 0 Å². The molecule has 2 N–H and O–H groups in total. The van der Waals surface area contributed by atoms with Gasteiger partial charge in [-0.05, 0) is 6.42 Å². The predicted molar refractivity (Wildman–Crippen MR) is 42.0 cm³/mol. The highest BCUT2D eigenvalue weighted by molar-refractivity contribution is 5.77. The van der Waals surface area contributed by atoms with Gasteiger partial charge in [0.1, 0.15) is 12.1 Å². The number of ether oxygens (including phenoxy) is 1. The second-order valence-corrected chi connectivity index (χ2v) is 3.04. The van der Waals surface area contributed by atoms with Crippen LogP contribution >= 0.6 is 0 Å². The second-order valence-electron chi connectivity index (χ2n) is 3.04. The van der Waals surface area contributed by atoms with Crippen molar-refractivity contribution >= 4 is 5.97 Å². The lowest BCUT2D eigenvalue weighted by Gasteiger charge is -2.05. The number of unbranched alkanes of at least 4 members (excludes halogenated alkanes) is 1. The summed E-state index contributed by atoms with van der Waals surface area (Å²) in [6.07, 6.45) is 4.03. The van der Waals surface area contributed by atoms with Crippen LogP contribution in [0, 0.1) is 0 Å². The molecule has 0 saturated carbocycles. The Bertz CT molecular complexity index is 147. The number of hydrogen-bond acceptors (Lipinski definition) is 3. The van der Waals surface area contributed by atoms with Crippen molar-refractivity contribution in [1.82, 2.24) is 0 Å². The summed E-state index contributed by atoms with van der Waals surface area (Å²) < 4.78 is 5.01. The molecule has 0 amide bonds. The molecule has 0 aliphatic carbocycles. The molecule has 1 heterocycles. The molecular weight excluding hydrogens is 142 g/mol. The van der Waals surface area contributed by atoms with Crippen molar-refractivity contribution in [2.45, 2.75) is 44.8 Å². The SMILES string of the molecule is CCCC[C@@H]1C[C@H](N)C(=O)O1. The van der Waals surface area contributed by atoms with Crippen LogP contribution in [-0.2, 0) is 9.53 Å². The van der Waals surface area contributed by atoms with Gasteiger partial charge in [-0.2, -0.15) is 0 Å². The molecule has 0 bridgehead atoms. The first kappa shape index (κ1) is 8.53. The number of carbonyl (C=O) groups is 1. The Labute approximate surface area is 66.9 Å². The monoisotopic (exact) mass is 157 g/mol. The average molecular weight is 157 g/mol. The molecule has 0 aromatic carbocycles. The van der Waals surface area contributed by atoms with Crippen LogP contribution in [0.4, 0.5) is 0 Å². The van der Waals surface area contributed by atoms with Gasteiger partial charge in [0, 0.05) is 6.42 Å². The molecule has 2 atom stereocenters. The molecule has 0 spiro atoms. The minimum absolute atomic E-state index is 0.0949. The lowest BCUT2D eigenvalue weighted by Crippen LogP contribution is -2.24. The molecule has 0 aromatic rings. The van der Waals surface area contributed by atoms with Crippen LogP contribution in [0.15, 0.2) is 0 Å². The van der Waals surface area contributed by atoms with E-state index in [0.29, 0.717) is 6.42 Å². The Morgan fingerprint density at radius 3 is 2.91 bits per heavy atom. The van der Waals surface area contributed by atoms with E-state index in [0.717, 1.165) is 19.3 Å². The van der Waals surface area contributed by atoms with Crippen molar-refractivity contribution in [2.24, 2.45) is 5.73 Å². The third kappa shape index (κ3) is 2.19. The number of esters is 1. The van der Waals surface area contributed by atoms with E-state index in [1.165, 1.54) is 0 Å². The van der Waals surface area contributed by atoms with Crippen molar-refractivity contribution in [2.75, 3.05) is 0 Å². The van der Waals surface area contributed by atoms with E-state index >= 15 is 0 Å². The van der Waals surface area contributed by atoms with Crippen molar-refractivity contribution in [3.05, 3.63) is 0 Å². The highest BCUT2D eigenvalue weighted by Gasteiger charge is 2.30. The quantitative estimate of drug-likeness (QED) is 0.617. The summed E-state index contributed by atoms with van der Waals surface area (Å²) in [5.41, 5.74) is 5.47. The van der Waals surface area contributed by atoms with E-state index in [-0.39, 0.29) is 18.1 Å². The smallest absolute Gasteiger partial charge is 0.323 e. The first-order chi connectivity index (χ1) is 5.24. The van der Waals surface area contributed by atoms with Gasteiger partial charge in [0.25, 0.3) is 0 Å². The van der Waals surface area contributed by atoms with Crippen LogP contribution in [0.5, 0.6) is 0 Å². The van der Waals surface area contributed by atoms with Gasteiger partial charge in [-0.1, -0.05) is 19.8 Å². The number of carbonyl (C=O) groups excluding carboxylic acids is 1. The Hall–Kier alpha value is -0.570. The zero-order valence-electron chi connectivity index (χ0n) is 6.88. The van der Waals surface area contributed by atoms with E-state index in [9.17, 15) is 4.79 Å². The van der Waals surface area contributed by atoms with Crippen molar-refractivity contribution in [3.8, 4) is 0 Å². The van der Waals surface area contributed by atoms with Crippen LogP contribution in [-0.4, -0.2) is 18.1 Å². The Kier molecular flexibility index (Phi) is 2.88. The maximum absolute atomic E-state index is 10.8. The Balaban J connectivity index is 2.24. The highest BCUT2D eigenvalue weighted by Crippen LogP contribution is 2.17. The van der Waals surface area contributed by atoms with Gasteiger partial charge in [0.05, 0.1) is 0 Å². The average Bonchev–Trinajstić information content (AvgIpc) is 2.28. The number of rotatable bonds is 3. The van der Waals surface area contributed by atoms with Crippen molar-refractivity contribution in [3.63, 3.8) is 0 Å². The van der Waals surface area contributed by atoms with Crippen LogP contribution < -0.4 is 5.73 Å². The molecule has 1 aliphatic heterocycles. The first-order valence-electron chi connectivity index (χ1n) is 4.20. The van der Waals surface area contributed by atoms with Crippen molar-refractivity contribution in [1.29, 1.82) is 0 Å². The van der Waals surface area contributed by atoms with Gasteiger partial charge in [-0.3, -0.25) is 4.79 Å². The minimum Gasteiger partial charge on any atom is -0.461 e. The third-order valence-electron chi connectivity index (χ3n) is 1.98. The maximum atomic E-state index is 10.8. The summed E-state index contributed by atoms with van der Waals surface area (Å²) in [6.45, 7) is 2.12. The van der Waals surface area contributed by atoms with E-state index < -0.39 is 0 Å². The Morgan fingerprint density at radius 1 is 1.73 bits per heavy atom. The van der Waals surface area contributed by atoms with E-state index in [4.69, 9.17) is 10.5 Å². The standard InChI is InChI=1S/C8H15NO2/c1-2-3-4-6-5-7(9)8(10)11-6/h6-7H,2-5,9H2,1H3/t6-,7+/m1/s1. The molecule has 1 fully saturated rings. The third-order valence-corrected chi connectivity index (χ3v) is 1.98. The molecule has 0 unspecified atom stereocenters. The number of cyclic esters (lactones) is 1. The summed E-state index contributed by atoms with van der Waals surface area (Å²) in [5, 5.41) is 0. The molecule has 64 valence electrons. The van der Waals surface area contributed by atoms with Gasteiger partial charge in [-0.15, -0.1) is 0 Å². The number of nitrogens with two attached hydrogens (primary N) is 1. The molecule has 3 heteroatoms. The largest absolute Gasteiger partial charge is 0.461 e. The predicted octanol–water partition coefficient (Wildman–Crippen LogP) is 0.819. The summed E-state index contributed by atoms with van der Waals surface area (Å²) in [4.78, 5) is 10.8. The highest BCUT2D eigenvalue weighted by atomic mass is 16.6. The molecule has 0 radical (unpaired) electrons.